The van der Waals surface area contributed by atoms with Crippen LogP contribution in [0.15, 0.2) is 23.0 Å². The van der Waals surface area contributed by atoms with E-state index in [4.69, 9.17) is 17.0 Å². The number of ether oxygens (including phenoxy) is 1. The number of nitrogens with one attached hydrogen (secondary N) is 1. The lowest BCUT2D eigenvalue weighted by atomic mass is 9.78. The molecule has 1 aliphatic rings. The standard InChI is InChI=1S/C18H22N2O3S/c1-10-5-4-6-15(11(10)2)20-16(21)13-8-7-12(17(22)23-3)9-14(13)19-18(20)24/h7-11,15H,4-6H2,1-3H3,(H,19,24)/t10-,11+,15-/m1/s1. The number of aromatic nitrogens is 2. The minimum atomic E-state index is -0.435. The fourth-order valence-electron chi connectivity index (χ4n) is 3.70. The van der Waals surface area contributed by atoms with Gasteiger partial charge in [0.25, 0.3) is 5.56 Å². The molecule has 1 aromatic heterocycles. The lowest BCUT2D eigenvalue weighted by Crippen LogP contribution is -2.34. The average Bonchev–Trinajstić information content (AvgIpc) is 2.57. The number of aromatic amines is 1. The second-order valence-electron chi connectivity index (χ2n) is 6.69. The van der Waals surface area contributed by atoms with Crippen LogP contribution in [-0.2, 0) is 4.74 Å². The Labute approximate surface area is 145 Å². The van der Waals surface area contributed by atoms with Crippen molar-refractivity contribution in [3.63, 3.8) is 0 Å². The number of rotatable bonds is 2. The fourth-order valence-corrected chi connectivity index (χ4v) is 4.02. The number of benzene rings is 1. The van der Waals surface area contributed by atoms with E-state index in [-0.39, 0.29) is 11.6 Å². The highest BCUT2D eigenvalue weighted by Gasteiger charge is 2.30. The summed E-state index contributed by atoms with van der Waals surface area (Å²) in [6.07, 6.45) is 3.27. The van der Waals surface area contributed by atoms with Crippen molar-refractivity contribution >= 4 is 29.1 Å². The summed E-state index contributed by atoms with van der Waals surface area (Å²) < 4.78 is 6.88. The van der Waals surface area contributed by atoms with Crippen molar-refractivity contribution in [2.45, 2.75) is 39.2 Å². The van der Waals surface area contributed by atoms with Crippen LogP contribution in [0.25, 0.3) is 10.9 Å². The number of nitrogens with zero attached hydrogens (tertiary/aromatic N) is 1. The zero-order valence-electron chi connectivity index (χ0n) is 14.2. The number of carbonyl (C=O) groups excluding carboxylic acids is 1. The zero-order chi connectivity index (χ0) is 17.4. The van der Waals surface area contributed by atoms with Crippen LogP contribution in [-0.4, -0.2) is 22.6 Å². The van der Waals surface area contributed by atoms with Crippen LogP contribution in [0.5, 0.6) is 0 Å². The molecule has 1 fully saturated rings. The van der Waals surface area contributed by atoms with Crippen molar-refractivity contribution < 1.29 is 9.53 Å². The van der Waals surface area contributed by atoms with Crippen LogP contribution in [0.2, 0.25) is 0 Å². The Morgan fingerprint density at radius 3 is 2.79 bits per heavy atom. The lowest BCUT2D eigenvalue weighted by Gasteiger charge is -2.35. The molecule has 2 aromatic rings. The van der Waals surface area contributed by atoms with Crippen molar-refractivity contribution in [3.8, 4) is 0 Å². The Bertz CT molecular complexity index is 899. The first-order valence-electron chi connectivity index (χ1n) is 8.31. The highest BCUT2D eigenvalue weighted by molar-refractivity contribution is 7.71. The Balaban J connectivity index is 2.16. The van der Waals surface area contributed by atoms with Gasteiger partial charge in [-0.15, -0.1) is 0 Å². The number of hydrogen-bond acceptors (Lipinski definition) is 4. The van der Waals surface area contributed by atoms with Gasteiger partial charge in [0.1, 0.15) is 0 Å². The predicted molar refractivity (Wildman–Crippen MR) is 95.9 cm³/mol. The van der Waals surface area contributed by atoms with E-state index >= 15 is 0 Å². The molecule has 0 amide bonds. The molecule has 6 heteroatoms. The maximum absolute atomic E-state index is 13.0. The van der Waals surface area contributed by atoms with Crippen molar-refractivity contribution in [1.82, 2.24) is 9.55 Å². The van der Waals surface area contributed by atoms with Gasteiger partial charge in [-0.2, -0.15) is 0 Å². The average molecular weight is 346 g/mol. The second-order valence-corrected chi connectivity index (χ2v) is 7.08. The minimum Gasteiger partial charge on any atom is -0.465 e. The molecule has 3 atom stereocenters. The maximum Gasteiger partial charge on any atom is 0.337 e. The van der Waals surface area contributed by atoms with Gasteiger partial charge in [0, 0.05) is 6.04 Å². The normalized spacial score (nSPS) is 24.0. The van der Waals surface area contributed by atoms with Crippen molar-refractivity contribution in [3.05, 3.63) is 38.9 Å². The molecule has 24 heavy (non-hydrogen) atoms. The van der Waals surface area contributed by atoms with Crippen LogP contribution < -0.4 is 5.56 Å². The minimum absolute atomic E-state index is 0.0869. The van der Waals surface area contributed by atoms with Gasteiger partial charge in [-0.05, 0) is 48.7 Å². The molecule has 0 bridgehead atoms. The Morgan fingerprint density at radius 2 is 2.08 bits per heavy atom. The van der Waals surface area contributed by atoms with Crippen molar-refractivity contribution in [2.75, 3.05) is 7.11 Å². The van der Waals surface area contributed by atoms with Gasteiger partial charge < -0.3 is 9.72 Å². The quantitative estimate of drug-likeness (QED) is 0.663. The Hall–Kier alpha value is -1.95. The van der Waals surface area contributed by atoms with Crippen LogP contribution in [0, 0.1) is 16.6 Å². The number of fused-ring (bicyclic) bond motifs is 1. The Morgan fingerprint density at radius 1 is 1.33 bits per heavy atom. The summed E-state index contributed by atoms with van der Waals surface area (Å²) in [5.74, 6) is 0.538. The number of hydrogen-bond donors (Lipinski definition) is 1. The third-order valence-corrected chi connectivity index (χ3v) is 5.64. The molecule has 1 aliphatic carbocycles. The summed E-state index contributed by atoms with van der Waals surface area (Å²) in [4.78, 5) is 27.8. The third kappa shape index (κ3) is 2.79. The lowest BCUT2D eigenvalue weighted by molar-refractivity contribution is 0.0601. The van der Waals surface area contributed by atoms with Gasteiger partial charge in [-0.25, -0.2) is 4.79 Å². The third-order valence-electron chi connectivity index (χ3n) is 5.35. The monoisotopic (exact) mass is 346 g/mol. The Kier molecular flexibility index (Phi) is 4.58. The molecule has 1 saturated carbocycles. The summed E-state index contributed by atoms with van der Waals surface area (Å²) in [6, 6.07) is 5.02. The van der Waals surface area contributed by atoms with E-state index in [1.807, 2.05) is 0 Å². The molecule has 128 valence electrons. The largest absolute Gasteiger partial charge is 0.465 e. The van der Waals surface area contributed by atoms with E-state index in [0.717, 1.165) is 12.8 Å². The SMILES string of the molecule is COC(=O)c1ccc2c(=O)n([C@@H]3CCC[C@@H](C)[C@@H]3C)c(=S)[nH]c2c1. The number of H-pyrrole nitrogens is 1. The van der Waals surface area contributed by atoms with Crippen LogP contribution in [0.1, 0.15) is 49.5 Å². The highest BCUT2D eigenvalue weighted by Crippen LogP contribution is 2.37. The van der Waals surface area contributed by atoms with Crippen LogP contribution in [0.3, 0.4) is 0 Å². The molecule has 3 rings (SSSR count). The first-order valence-corrected chi connectivity index (χ1v) is 8.71. The maximum atomic E-state index is 13.0. The molecule has 1 N–H and O–H groups in total. The smallest absolute Gasteiger partial charge is 0.337 e. The molecule has 0 unspecified atom stereocenters. The van der Waals surface area contributed by atoms with Gasteiger partial charge in [0.05, 0.1) is 23.6 Å². The topological polar surface area (TPSA) is 64.1 Å². The van der Waals surface area contributed by atoms with Crippen molar-refractivity contribution in [2.24, 2.45) is 11.8 Å². The van der Waals surface area contributed by atoms with Gasteiger partial charge in [0.15, 0.2) is 4.77 Å². The van der Waals surface area contributed by atoms with Gasteiger partial charge >= 0.3 is 5.97 Å². The first kappa shape index (κ1) is 16.9. The molecule has 5 nitrogen and oxygen atoms in total. The molecule has 0 saturated heterocycles. The number of methoxy groups -OCH3 is 1. The van der Waals surface area contributed by atoms with E-state index in [1.165, 1.54) is 13.5 Å². The number of carbonyl (C=O) groups is 1. The van der Waals surface area contributed by atoms with Crippen molar-refractivity contribution in [1.29, 1.82) is 0 Å². The van der Waals surface area contributed by atoms with E-state index < -0.39 is 5.97 Å². The molecule has 0 aliphatic heterocycles. The van der Waals surface area contributed by atoms with E-state index in [1.54, 1.807) is 22.8 Å². The molecule has 1 heterocycles. The first-order chi connectivity index (χ1) is 11.4. The summed E-state index contributed by atoms with van der Waals surface area (Å²) in [5.41, 5.74) is 0.879. The van der Waals surface area contributed by atoms with Gasteiger partial charge in [0.2, 0.25) is 0 Å². The van der Waals surface area contributed by atoms with E-state index in [0.29, 0.717) is 33.1 Å². The summed E-state index contributed by atoms with van der Waals surface area (Å²) >= 11 is 5.47. The number of esters is 1. The molecule has 0 spiro atoms. The van der Waals surface area contributed by atoms with Crippen LogP contribution in [0.4, 0.5) is 0 Å². The van der Waals surface area contributed by atoms with E-state index in [9.17, 15) is 9.59 Å². The molecular weight excluding hydrogens is 324 g/mol. The molecule has 0 radical (unpaired) electrons. The summed E-state index contributed by atoms with van der Waals surface area (Å²) in [7, 11) is 1.33. The summed E-state index contributed by atoms with van der Waals surface area (Å²) in [5, 5.41) is 0.543. The van der Waals surface area contributed by atoms with E-state index in [2.05, 4.69) is 18.8 Å². The predicted octanol–water partition coefficient (Wildman–Crippen LogP) is 3.84. The molecular formula is C18H22N2O3S. The summed E-state index contributed by atoms with van der Waals surface area (Å²) in [6.45, 7) is 4.43. The highest BCUT2D eigenvalue weighted by atomic mass is 32.1. The van der Waals surface area contributed by atoms with Gasteiger partial charge in [-0.3, -0.25) is 9.36 Å². The molecule has 1 aromatic carbocycles. The fraction of sp³-hybridized carbons (Fsp3) is 0.500. The van der Waals surface area contributed by atoms with Crippen LogP contribution >= 0.6 is 12.2 Å². The van der Waals surface area contributed by atoms with Gasteiger partial charge in [-0.1, -0.05) is 26.7 Å². The zero-order valence-corrected chi connectivity index (χ0v) is 15.0. The second kappa shape index (κ2) is 6.51.